The van der Waals surface area contributed by atoms with Crippen LogP contribution in [0.2, 0.25) is 5.02 Å². The van der Waals surface area contributed by atoms with Crippen LogP contribution in [-0.4, -0.2) is 75.5 Å². The molecule has 0 atom stereocenters. The second kappa shape index (κ2) is 15.8. The van der Waals surface area contributed by atoms with Crippen molar-refractivity contribution in [3.05, 3.63) is 134 Å². The third-order valence-electron chi connectivity index (χ3n) is 11.5. The number of nitrogens with zero attached hydrogens (tertiary/aromatic N) is 9. The number of anilines is 2. The molecule has 1 N–H and O–H groups in total. The summed E-state index contributed by atoms with van der Waals surface area (Å²) in [7, 11) is 0. The third kappa shape index (κ3) is 7.87. The molecular weight excluding hydrogens is 805 g/mol. The van der Waals surface area contributed by atoms with Gasteiger partial charge in [0.25, 0.3) is 5.91 Å². The molecule has 1 amide bonds. The fraction of sp³-hybridized carbons (Fsp3) is 0.333. The maximum absolute atomic E-state index is 15.0. The van der Waals surface area contributed by atoms with Crippen LogP contribution in [-0.2, 0) is 19.5 Å². The lowest BCUT2D eigenvalue weighted by molar-refractivity contribution is 0.0724. The lowest BCUT2D eigenvalue weighted by Crippen LogP contribution is -2.41. The number of piperidine rings is 1. The first-order valence-electron chi connectivity index (χ1n) is 20.3. The zero-order chi connectivity index (χ0) is 42.7. The number of carbonyl (C=O) groups excluding carboxylic acids is 1. The van der Waals surface area contributed by atoms with E-state index in [-0.39, 0.29) is 53.5 Å². The van der Waals surface area contributed by atoms with Gasteiger partial charge in [0.2, 0.25) is 5.95 Å². The summed E-state index contributed by atoms with van der Waals surface area (Å²) in [5.41, 5.74) is 4.92. The highest BCUT2D eigenvalue weighted by Gasteiger charge is 2.31. The van der Waals surface area contributed by atoms with Crippen LogP contribution in [0.15, 0.2) is 77.9 Å². The van der Waals surface area contributed by atoms with E-state index in [0.29, 0.717) is 64.6 Å². The summed E-state index contributed by atoms with van der Waals surface area (Å²) < 4.78 is 48.5. The first-order valence-corrected chi connectivity index (χ1v) is 20.7. The summed E-state index contributed by atoms with van der Waals surface area (Å²) in [5, 5.41) is 4.19. The largest absolute Gasteiger partial charge is 0.335 e. The SMILES string of the molecule is Cc1nc(Nc2cc(F)cc(F)c2)nc2c1n(-c1ccc(C(=O)N3CCc4c(n(Cc5ccc(Cl)cc5F)c5ncccc45)C3)nc1)c(=O)n2C1CCN(CC(C)(C)C)CC1. The molecule has 1 saturated heterocycles. The summed E-state index contributed by atoms with van der Waals surface area (Å²) >= 11 is 6.04. The van der Waals surface area contributed by atoms with E-state index in [1.54, 1.807) is 46.9 Å². The van der Waals surface area contributed by atoms with Gasteiger partial charge in [-0.3, -0.25) is 13.9 Å². The molecule has 16 heteroatoms. The number of amides is 1. The van der Waals surface area contributed by atoms with Gasteiger partial charge in [-0.1, -0.05) is 38.4 Å². The van der Waals surface area contributed by atoms with E-state index in [1.807, 2.05) is 16.7 Å². The number of benzene rings is 2. The smallest absolute Gasteiger partial charge is 0.331 e. The van der Waals surface area contributed by atoms with E-state index in [1.165, 1.54) is 16.8 Å². The first kappa shape index (κ1) is 40.4. The third-order valence-corrected chi connectivity index (χ3v) is 11.7. The first-order chi connectivity index (χ1) is 29.2. The molecule has 7 aromatic rings. The predicted molar refractivity (Wildman–Crippen MR) is 228 cm³/mol. The van der Waals surface area contributed by atoms with E-state index in [0.717, 1.165) is 54.5 Å². The summed E-state index contributed by atoms with van der Waals surface area (Å²) in [4.78, 5) is 51.5. The Morgan fingerprint density at radius 3 is 2.41 bits per heavy atom. The van der Waals surface area contributed by atoms with Crippen molar-refractivity contribution in [2.75, 3.05) is 31.5 Å². The van der Waals surface area contributed by atoms with Crippen LogP contribution in [0.5, 0.6) is 0 Å². The number of nitrogens with one attached hydrogen (secondary N) is 1. The number of rotatable bonds is 8. The van der Waals surface area contributed by atoms with Crippen LogP contribution < -0.4 is 11.0 Å². The van der Waals surface area contributed by atoms with Crippen LogP contribution in [0.1, 0.15) is 72.7 Å². The molecule has 9 rings (SSSR count). The average Bonchev–Trinajstić information content (AvgIpc) is 3.68. The predicted octanol–water partition coefficient (Wildman–Crippen LogP) is 8.38. The number of pyridine rings is 2. The summed E-state index contributed by atoms with van der Waals surface area (Å²) in [5.74, 6) is -2.13. The maximum Gasteiger partial charge on any atom is 0.335 e. The van der Waals surface area contributed by atoms with Crippen LogP contribution in [0, 0.1) is 29.8 Å². The van der Waals surface area contributed by atoms with Crippen molar-refractivity contribution < 1.29 is 18.0 Å². The molecule has 1 fully saturated rings. The summed E-state index contributed by atoms with van der Waals surface area (Å²) in [6, 6.07) is 14.7. The minimum Gasteiger partial charge on any atom is -0.331 e. The fourth-order valence-corrected chi connectivity index (χ4v) is 9.05. The topological polar surface area (TPSA) is 119 Å². The molecule has 314 valence electrons. The molecular formula is C45H44ClF3N10O2. The molecule has 0 unspecified atom stereocenters. The van der Waals surface area contributed by atoms with Gasteiger partial charge in [0.05, 0.1) is 30.7 Å². The van der Waals surface area contributed by atoms with Crippen LogP contribution in [0.25, 0.3) is 27.9 Å². The zero-order valence-corrected chi connectivity index (χ0v) is 35.0. The number of halogens is 4. The monoisotopic (exact) mass is 848 g/mol. The fourth-order valence-electron chi connectivity index (χ4n) is 8.89. The number of imidazole rings is 1. The molecule has 5 aromatic heterocycles. The number of likely N-dealkylation sites (tertiary alicyclic amines) is 1. The van der Waals surface area contributed by atoms with Crippen molar-refractivity contribution >= 4 is 51.3 Å². The molecule has 0 radical (unpaired) electrons. The average molecular weight is 849 g/mol. The lowest BCUT2D eigenvalue weighted by atomic mass is 9.94. The Hall–Kier alpha value is -6.06. The van der Waals surface area contributed by atoms with Crippen molar-refractivity contribution in [1.82, 2.24) is 43.4 Å². The van der Waals surface area contributed by atoms with Crippen LogP contribution in [0.4, 0.5) is 24.8 Å². The van der Waals surface area contributed by atoms with Crippen molar-refractivity contribution in [2.45, 2.75) is 66.1 Å². The number of hydrogen-bond acceptors (Lipinski definition) is 8. The Morgan fingerprint density at radius 2 is 1.70 bits per heavy atom. The molecule has 2 aliphatic heterocycles. The number of aromatic nitrogens is 7. The van der Waals surface area contributed by atoms with Gasteiger partial charge in [-0.05, 0) is 85.7 Å². The molecule has 2 aliphatic rings. The van der Waals surface area contributed by atoms with Crippen molar-refractivity contribution in [3.8, 4) is 5.69 Å². The Labute approximate surface area is 354 Å². The van der Waals surface area contributed by atoms with E-state index in [2.05, 4.69) is 45.9 Å². The molecule has 12 nitrogen and oxygen atoms in total. The number of hydrogen-bond donors (Lipinski definition) is 1. The Balaban J connectivity index is 1.04. The summed E-state index contributed by atoms with van der Waals surface area (Å²) in [6.45, 7) is 11.8. The lowest BCUT2D eigenvalue weighted by Gasteiger charge is -2.36. The molecule has 0 bridgehead atoms. The van der Waals surface area contributed by atoms with Gasteiger partial charge in [-0.15, -0.1) is 0 Å². The van der Waals surface area contributed by atoms with Crippen LogP contribution >= 0.6 is 11.6 Å². The van der Waals surface area contributed by atoms with E-state index in [4.69, 9.17) is 16.6 Å². The van der Waals surface area contributed by atoms with Gasteiger partial charge >= 0.3 is 5.69 Å². The Bertz CT molecular complexity index is 2870. The van der Waals surface area contributed by atoms with Gasteiger partial charge in [0.15, 0.2) is 5.65 Å². The van der Waals surface area contributed by atoms with Crippen molar-refractivity contribution in [3.63, 3.8) is 0 Å². The van der Waals surface area contributed by atoms with Crippen LogP contribution in [0.3, 0.4) is 0 Å². The number of aryl methyl sites for hydroxylation is 1. The highest BCUT2D eigenvalue weighted by Crippen LogP contribution is 2.33. The molecule has 0 aliphatic carbocycles. The molecule has 0 spiro atoms. The van der Waals surface area contributed by atoms with E-state index < -0.39 is 17.5 Å². The van der Waals surface area contributed by atoms with Gasteiger partial charge in [-0.25, -0.2) is 32.9 Å². The molecule has 61 heavy (non-hydrogen) atoms. The summed E-state index contributed by atoms with van der Waals surface area (Å²) in [6.07, 6.45) is 5.21. The van der Waals surface area contributed by atoms with Gasteiger partial charge in [0, 0.05) is 71.8 Å². The van der Waals surface area contributed by atoms with Gasteiger partial charge in [0.1, 0.15) is 34.3 Å². The van der Waals surface area contributed by atoms with Gasteiger partial charge in [-0.2, -0.15) is 4.98 Å². The number of carbonyl (C=O) groups is 1. The zero-order valence-electron chi connectivity index (χ0n) is 34.2. The van der Waals surface area contributed by atoms with E-state index >= 15 is 4.39 Å². The Morgan fingerprint density at radius 1 is 0.934 bits per heavy atom. The van der Waals surface area contributed by atoms with E-state index in [9.17, 15) is 18.4 Å². The van der Waals surface area contributed by atoms with Crippen molar-refractivity contribution in [2.24, 2.45) is 5.41 Å². The number of fused-ring (bicyclic) bond motifs is 4. The normalized spacial score (nSPS) is 15.2. The molecule has 7 heterocycles. The second-order valence-electron chi connectivity index (χ2n) is 17.1. The maximum atomic E-state index is 15.0. The van der Waals surface area contributed by atoms with Crippen molar-refractivity contribution in [1.29, 1.82) is 0 Å². The minimum absolute atomic E-state index is 0.0861. The molecule has 0 saturated carbocycles. The quantitative estimate of drug-likeness (QED) is 0.162. The Kier molecular flexibility index (Phi) is 10.4. The standard InChI is InChI=1S/C45H44ClF3N10O2/c1-26-39-41(54-43(52-26)53-31-20-29(47)19-30(48)21-31)59(32-11-15-55(16-12-32)25-45(2,3)4)44(61)58(39)33-9-10-37(51-22-33)42(60)56-17-13-34-35-6-5-14-50-40(35)57(38(34)24-56)23-27-7-8-28(46)18-36(27)49/h5-10,14,18-22,32H,11-13,15-17,23-25H2,1-4H3,(H,52,53,54). The minimum atomic E-state index is -0.754. The molecule has 2 aromatic carbocycles. The second-order valence-corrected chi connectivity index (χ2v) is 17.6. The highest BCUT2D eigenvalue weighted by molar-refractivity contribution is 6.30. The highest BCUT2D eigenvalue weighted by atomic mass is 35.5. The van der Waals surface area contributed by atoms with Gasteiger partial charge < -0.3 is 19.7 Å².